The average Bonchev–Trinajstić information content (AvgIpc) is 1.72. The summed E-state index contributed by atoms with van der Waals surface area (Å²) in [6.07, 6.45) is -0.0779. The van der Waals surface area contributed by atoms with Crippen LogP contribution in [0.4, 0.5) is 39.5 Å². The molecule has 0 aliphatic carbocycles. The molecular weight excluding hydrogens is 1920 g/mol. The zero-order valence-electron chi connectivity index (χ0n) is 83.3. The van der Waals surface area contributed by atoms with Gasteiger partial charge in [-0.25, -0.2) is 16.8 Å². The van der Waals surface area contributed by atoms with E-state index >= 15 is 0 Å². The second-order valence-electron chi connectivity index (χ2n) is 37.4. The van der Waals surface area contributed by atoms with Crippen molar-refractivity contribution in [3.63, 3.8) is 0 Å². The maximum absolute atomic E-state index is 13.1. The third kappa shape index (κ3) is 25.4. The van der Waals surface area contributed by atoms with Crippen LogP contribution in [-0.4, -0.2) is 244 Å². The SMILES string of the molecule is CCN(CC)C(=O)c1ccc(C2=CC3(CCCN(C(=O)C(F)(F)F)CC3)Oc3ccc(C)cc32)cc1.CCN(CC)C(=O)c1ccc(C2=CC3(CCCN(C(=O)C(F)(F)F)CC3)Oc3ccc(S(=O)(=O)NN)cc32)cc1.CCN(CC)C(=O)c1ccc(C2=CC3(CCCN(C(=O)C(F)(F)F)CC3)Oc3ccc(S(C)(=O)=O)cc32)cc1.CCN(CC)C(=O)c1ccc(C2=CC3(CCCNCC3)Oc3ccc(C)cc32)cc1. The van der Waals surface area contributed by atoms with Gasteiger partial charge < -0.3 is 58.6 Å². The van der Waals surface area contributed by atoms with E-state index in [0.29, 0.717) is 139 Å². The lowest BCUT2D eigenvalue weighted by Gasteiger charge is -2.37. The molecule has 4 fully saturated rings. The van der Waals surface area contributed by atoms with Gasteiger partial charge in [0.2, 0.25) is 0 Å². The Kier molecular flexibility index (Phi) is 34.4. The van der Waals surface area contributed by atoms with Crippen molar-refractivity contribution in [3.8, 4) is 23.0 Å². The number of hydrazine groups is 1. The molecule has 8 aromatic rings. The number of rotatable bonds is 19. The van der Waals surface area contributed by atoms with E-state index in [0.717, 1.165) is 111 Å². The Labute approximate surface area is 840 Å². The summed E-state index contributed by atoms with van der Waals surface area (Å²) in [7, 11) is -7.53. The number of halogens is 9. The molecule has 0 aromatic heterocycles. The first kappa shape index (κ1) is 110. The third-order valence-electron chi connectivity index (χ3n) is 27.8. The van der Waals surface area contributed by atoms with Gasteiger partial charge in [-0.3, -0.25) is 39.4 Å². The molecular formula is C109H125F9N10O15S2. The molecule has 4 atom stereocenters. The number of carbonyl (C=O) groups is 7. The largest absolute Gasteiger partial charge is 0.482 e. The number of nitrogens with two attached hydrogens (primary N) is 1. The minimum absolute atomic E-state index is 0.0292. The molecule has 25 nitrogen and oxygen atoms in total. The number of benzene rings is 8. The molecule has 8 aliphatic heterocycles. The molecule has 8 heterocycles. The number of hydrogen-bond acceptors (Lipinski definition) is 17. The first-order valence-electron chi connectivity index (χ1n) is 49.2. The molecule has 16 rings (SSSR count). The summed E-state index contributed by atoms with van der Waals surface area (Å²) in [6.45, 7) is 26.1. The molecule has 0 radical (unpaired) electrons. The molecule has 36 heteroatoms. The number of alkyl halides is 9. The van der Waals surface area contributed by atoms with Crippen molar-refractivity contribution in [1.82, 2.24) is 44.4 Å². The van der Waals surface area contributed by atoms with Crippen molar-refractivity contribution in [1.29, 1.82) is 0 Å². The van der Waals surface area contributed by atoms with Gasteiger partial charge in [0.15, 0.2) is 9.84 Å². The van der Waals surface area contributed by atoms with Crippen LogP contribution in [0.3, 0.4) is 0 Å². The van der Waals surface area contributed by atoms with Crippen LogP contribution >= 0.6 is 0 Å². The lowest BCUT2D eigenvalue weighted by Crippen LogP contribution is -2.43. The maximum Gasteiger partial charge on any atom is 0.471 e. The molecule has 0 bridgehead atoms. The van der Waals surface area contributed by atoms with Gasteiger partial charge in [-0.1, -0.05) is 71.8 Å². The number of aryl methyl sites for hydroxylation is 2. The highest BCUT2D eigenvalue weighted by Gasteiger charge is 2.50. The number of sulfonamides is 1. The van der Waals surface area contributed by atoms with E-state index in [9.17, 15) is 89.9 Å². The van der Waals surface area contributed by atoms with Crippen molar-refractivity contribution in [2.75, 3.05) is 111 Å². The smallest absolute Gasteiger partial charge is 0.471 e. The number of sulfone groups is 1. The van der Waals surface area contributed by atoms with Gasteiger partial charge in [-0.15, -0.1) is 0 Å². The lowest BCUT2D eigenvalue weighted by molar-refractivity contribution is -0.185. The summed E-state index contributed by atoms with van der Waals surface area (Å²) < 4.78 is 193. The number of hydrogen-bond donors (Lipinski definition) is 3. The highest BCUT2D eigenvalue weighted by Crippen LogP contribution is 2.50. The summed E-state index contributed by atoms with van der Waals surface area (Å²) in [5.74, 6) is 1.85. The standard InChI is InChI=1S/C28H31F3N2O5S.C28H31F3N2O3.C27H31F3N4O5S.C26H32N2O2/c1-4-32(5-2)25(34)20-9-7-19(8-10-20)23-18-27(13-6-15-33(16-14-27)26(35)28(29,30)31)38-24-12-11-21(17-22(23)24)39(3,36)37;1-4-32(5-2)25(34)21-10-8-20(9-11-21)23-18-27(36-24-12-7-19(3)17-22(23)24)13-6-15-33(16-14-27)26(35)28(29,30)31;1-3-33(4-2)24(35)19-8-6-18(7-9-19)22-17-26(12-5-14-34(15-13-26)25(36)27(28,29)30)39-23-11-10-20(16-21(22)23)40(37,38)32-31;1-4-28(5-2)25(29)21-10-8-20(9-11-21)23-18-26(13-6-15-27-16-14-26)30-24-12-7-19(3)17-22(23)24/h7-12,17-18H,4-6,13-16H2,1-3H3;7-12,17-18H,4-6,13-16H2,1-3H3;6-11,16-17,32H,3-5,12-15,31H2,1-2H3;7-12,17-18,27H,4-6,13-16H2,1-3H3. The summed E-state index contributed by atoms with van der Waals surface area (Å²) >= 11 is 0. The fourth-order valence-electron chi connectivity index (χ4n) is 19.8. The lowest BCUT2D eigenvalue weighted by atomic mass is 9.84. The molecule has 776 valence electrons. The van der Waals surface area contributed by atoms with E-state index in [1.165, 1.54) is 41.5 Å². The number of ether oxygens (including phenoxy) is 4. The Morgan fingerprint density at radius 2 is 0.600 bits per heavy atom. The zero-order chi connectivity index (χ0) is 105. The van der Waals surface area contributed by atoms with Crippen LogP contribution in [0, 0.1) is 13.8 Å². The number of amides is 7. The van der Waals surface area contributed by atoms with Crippen molar-refractivity contribution < 1.29 is 109 Å². The molecule has 8 aromatic carbocycles. The van der Waals surface area contributed by atoms with Crippen molar-refractivity contribution in [2.45, 2.75) is 197 Å². The number of fused-ring (bicyclic) bond motifs is 4. The van der Waals surface area contributed by atoms with E-state index in [1.807, 2.05) is 134 Å². The molecule has 4 saturated heterocycles. The molecule has 4 N–H and O–H groups in total. The number of carbonyl (C=O) groups excluding carboxylic acids is 7. The van der Waals surface area contributed by atoms with Crippen LogP contribution in [0.5, 0.6) is 23.0 Å². The van der Waals surface area contributed by atoms with E-state index in [1.54, 1.807) is 80.2 Å². The van der Waals surface area contributed by atoms with Gasteiger partial charge in [-0.2, -0.15) is 44.3 Å². The summed E-state index contributed by atoms with van der Waals surface area (Å²) in [4.78, 5) is 98.0. The van der Waals surface area contributed by atoms with Gasteiger partial charge >= 0.3 is 36.3 Å². The van der Waals surface area contributed by atoms with Crippen LogP contribution in [0.15, 0.2) is 204 Å². The number of nitrogens with one attached hydrogen (secondary N) is 2. The Morgan fingerprint density at radius 1 is 0.345 bits per heavy atom. The van der Waals surface area contributed by atoms with Gasteiger partial charge in [0.25, 0.3) is 33.7 Å². The Morgan fingerprint density at radius 3 is 0.869 bits per heavy atom. The highest BCUT2D eigenvalue weighted by atomic mass is 32.2. The monoisotopic (exact) mass is 2050 g/mol. The van der Waals surface area contributed by atoms with Gasteiger partial charge in [0.05, 0.1) is 9.79 Å². The van der Waals surface area contributed by atoms with Gasteiger partial charge in [-0.05, 0) is 312 Å². The van der Waals surface area contributed by atoms with Crippen molar-refractivity contribution in [3.05, 3.63) is 272 Å². The predicted octanol–water partition coefficient (Wildman–Crippen LogP) is 18.6. The van der Waals surface area contributed by atoms with Crippen LogP contribution < -0.4 is 34.9 Å². The van der Waals surface area contributed by atoms with E-state index < -0.39 is 72.9 Å². The average molecular weight is 2050 g/mol. The van der Waals surface area contributed by atoms with Gasteiger partial charge in [0, 0.05) is 168 Å². The molecule has 4 spiro atoms. The minimum atomic E-state index is -4.97. The van der Waals surface area contributed by atoms with Crippen LogP contribution in [-0.2, 0) is 34.2 Å². The first-order chi connectivity index (χ1) is 68.7. The molecule has 0 saturated carbocycles. The van der Waals surface area contributed by atoms with Gasteiger partial charge in [0.1, 0.15) is 45.4 Å². The zero-order valence-corrected chi connectivity index (χ0v) is 85.0. The number of nitrogens with zero attached hydrogens (tertiary/aromatic N) is 7. The van der Waals surface area contributed by atoms with E-state index in [-0.39, 0.29) is 104 Å². The van der Waals surface area contributed by atoms with Crippen molar-refractivity contribution in [2.24, 2.45) is 5.84 Å². The second-order valence-corrected chi connectivity index (χ2v) is 41.1. The molecule has 7 amide bonds. The Hall–Kier alpha value is -12.6. The second kappa shape index (κ2) is 45.6. The normalized spacial score (nSPS) is 19.8. The molecule has 4 unspecified atom stereocenters. The fourth-order valence-corrected chi connectivity index (χ4v) is 21.1. The summed E-state index contributed by atoms with van der Waals surface area (Å²) in [6, 6.07) is 50.3. The minimum Gasteiger partial charge on any atom is -0.482 e. The topological polar surface area (TPSA) is 297 Å². The first-order valence-corrected chi connectivity index (χ1v) is 52.6. The number of likely N-dealkylation sites (tertiary alicyclic amines) is 3. The van der Waals surface area contributed by atoms with E-state index in [4.69, 9.17) is 24.8 Å². The van der Waals surface area contributed by atoms with Crippen LogP contribution in [0.25, 0.3) is 22.3 Å². The predicted molar refractivity (Wildman–Crippen MR) is 536 cm³/mol. The maximum atomic E-state index is 13.1. The van der Waals surface area contributed by atoms with Crippen LogP contribution in [0.2, 0.25) is 0 Å². The Balaban J connectivity index is 0.000000163. The molecule has 8 aliphatic rings. The van der Waals surface area contributed by atoms with Crippen LogP contribution in [0.1, 0.15) is 230 Å². The fraction of sp³-hybridized carbons (Fsp3) is 0.422. The quantitative estimate of drug-likeness (QED) is 0.0385. The molecule has 145 heavy (non-hydrogen) atoms. The summed E-state index contributed by atoms with van der Waals surface area (Å²) in [5.41, 5.74) is 11.2. The Bertz CT molecular complexity index is 6470. The van der Waals surface area contributed by atoms with E-state index in [2.05, 4.69) is 48.6 Å². The highest BCUT2D eigenvalue weighted by molar-refractivity contribution is 7.90. The third-order valence-corrected chi connectivity index (χ3v) is 30.1. The van der Waals surface area contributed by atoms with Crippen molar-refractivity contribution >= 4 is 83.5 Å². The summed E-state index contributed by atoms with van der Waals surface area (Å²) in [5, 5.41) is 3.50.